The Bertz CT molecular complexity index is 469. The molecule has 3 N–H and O–H groups in total. The van der Waals surface area contributed by atoms with E-state index < -0.39 is 6.10 Å². The molecule has 0 heterocycles. The first-order valence-corrected chi connectivity index (χ1v) is 7.17. The minimum absolute atomic E-state index is 0.144. The maximum absolute atomic E-state index is 11.9. The lowest BCUT2D eigenvalue weighted by molar-refractivity contribution is -0.122. The van der Waals surface area contributed by atoms with Gasteiger partial charge in [-0.2, -0.15) is 0 Å². The zero-order valence-corrected chi connectivity index (χ0v) is 12.8. The molecule has 0 bridgehead atoms. The van der Waals surface area contributed by atoms with E-state index in [0.717, 1.165) is 11.1 Å². The summed E-state index contributed by atoms with van der Waals surface area (Å²) in [5.74, 6) is -0.313. The van der Waals surface area contributed by atoms with Crippen molar-refractivity contribution in [3.63, 3.8) is 0 Å². The molecule has 21 heavy (non-hydrogen) atoms. The topological polar surface area (TPSA) is 78.4 Å². The summed E-state index contributed by atoms with van der Waals surface area (Å²) < 4.78 is 0. The molecule has 0 fully saturated rings. The number of aliphatic hydroxyl groups excluding tert-OH is 1. The minimum atomic E-state index is -0.437. The number of hydrogen-bond acceptors (Lipinski definition) is 3. The smallest absolute Gasteiger partial charge is 0.222 e. The molecule has 0 aromatic heterocycles. The van der Waals surface area contributed by atoms with Crippen LogP contribution in [0.2, 0.25) is 0 Å². The van der Waals surface area contributed by atoms with Crippen molar-refractivity contribution in [2.75, 3.05) is 6.54 Å². The number of nitrogens with one attached hydrogen (secondary N) is 2. The number of rotatable bonds is 7. The fourth-order valence-electron chi connectivity index (χ4n) is 1.97. The van der Waals surface area contributed by atoms with Gasteiger partial charge in [0.2, 0.25) is 11.8 Å². The second-order valence-corrected chi connectivity index (χ2v) is 5.36. The molecule has 5 heteroatoms. The predicted molar refractivity (Wildman–Crippen MR) is 81.7 cm³/mol. The van der Waals surface area contributed by atoms with Gasteiger partial charge in [0, 0.05) is 13.5 Å². The van der Waals surface area contributed by atoms with Gasteiger partial charge in [0.1, 0.15) is 0 Å². The Morgan fingerprint density at radius 3 is 2.38 bits per heavy atom. The average molecular weight is 292 g/mol. The molecule has 0 saturated carbocycles. The third-order valence-electron chi connectivity index (χ3n) is 3.13. The van der Waals surface area contributed by atoms with Crippen LogP contribution >= 0.6 is 0 Å². The molecule has 0 saturated heterocycles. The summed E-state index contributed by atoms with van der Waals surface area (Å²) in [6, 6.07) is 7.40. The van der Waals surface area contributed by atoms with Crippen LogP contribution in [0.25, 0.3) is 0 Å². The van der Waals surface area contributed by atoms with E-state index in [1.807, 2.05) is 31.2 Å². The molecule has 0 aliphatic rings. The molecule has 0 aliphatic carbocycles. The number of carbonyl (C=O) groups excluding carboxylic acids is 2. The van der Waals surface area contributed by atoms with Crippen LogP contribution in [-0.4, -0.2) is 29.6 Å². The summed E-state index contributed by atoms with van der Waals surface area (Å²) >= 11 is 0. The van der Waals surface area contributed by atoms with E-state index in [0.29, 0.717) is 13.0 Å². The molecule has 2 atom stereocenters. The van der Waals surface area contributed by atoms with E-state index >= 15 is 0 Å². The quantitative estimate of drug-likeness (QED) is 0.711. The summed E-state index contributed by atoms with van der Waals surface area (Å²) in [7, 11) is 0. The highest BCUT2D eigenvalue weighted by atomic mass is 16.3. The summed E-state index contributed by atoms with van der Waals surface area (Å²) in [6.45, 7) is 5.53. The highest BCUT2D eigenvalue weighted by Crippen LogP contribution is 2.17. The third-order valence-corrected chi connectivity index (χ3v) is 3.13. The minimum Gasteiger partial charge on any atom is -0.393 e. The normalized spacial score (nSPS) is 13.3. The molecule has 0 radical (unpaired) electrons. The van der Waals surface area contributed by atoms with Crippen molar-refractivity contribution in [2.24, 2.45) is 0 Å². The SMILES string of the molecule is CC(=O)NC(CC(=O)NCCC(C)O)c1ccc(C)cc1. The molecule has 1 aromatic carbocycles. The zero-order valence-electron chi connectivity index (χ0n) is 12.8. The summed E-state index contributed by atoms with van der Waals surface area (Å²) in [6.07, 6.45) is 0.261. The van der Waals surface area contributed by atoms with Crippen LogP contribution in [0.1, 0.15) is 43.9 Å². The second kappa shape index (κ2) is 8.42. The number of aryl methyl sites for hydroxylation is 1. The van der Waals surface area contributed by atoms with Gasteiger partial charge in [-0.3, -0.25) is 9.59 Å². The Morgan fingerprint density at radius 2 is 1.86 bits per heavy atom. The Kier molecular flexibility index (Phi) is 6.88. The van der Waals surface area contributed by atoms with Crippen LogP contribution in [0.4, 0.5) is 0 Å². The lowest BCUT2D eigenvalue weighted by Gasteiger charge is -2.18. The second-order valence-electron chi connectivity index (χ2n) is 5.36. The van der Waals surface area contributed by atoms with E-state index in [9.17, 15) is 9.59 Å². The molecule has 0 spiro atoms. The van der Waals surface area contributed by atoms with Crippen LogP contribution in [0.3, 0.4) is 0 Å². The maximum atomic E-state index is 11.9. The van der Waals surface area contributed by atoms with Crippen molar-refractivity contribution in [2.45, 2.75) is 45.8 Å². The molecular weight excluding hydrogens is 268 g/mol. The fraction of sp³-hybridized carbons (Fsp3) is 0.500. The number of amides is 2. The first-order valence-electron chi connectivity index (χ1n) is 7.17. The average Bonchev–Trinajstić information content (AvgIpc) is 2.37. The van der Waals surface area contributed by atoms with Crippen LogP contribution in [0, 0.1) is 6.92 Å². The van der Waals surface area contributed by atoms with Gasteiger partial charge in [-0.25, -0.2) is 0 Å². The molecule has 0 aliphatic heterocycles. The number of aliphatic hydroxyl groups is 1. The van der Waals surface area contributed by atoms with Gasteiger partial charge in [0.05, 0.1) is 18.6 Å². The number of hydrogen-bond donors (Lipinski definition) is 3. The van der Waals surface area contributed by atoms with E-state index in [4.69, 9.17) is 5.11 Å². The predicted octanol–water partition coefficient (Wildman–Crippen LogP) is 1.45. The standard InChI is InChI=1S/C16H24N2O3/c1-11-4-6-14(7-5-11)15(18-13(3)20)10-16(21)17-9-8-12(2)19/h4-7,12,15,19H,8-10H2,1-3H3,(H,17,21)(H,18,20). The van der Waals surface area contributed by atoms with Crippen LogP contribution in [0.5, 0.6) is 0 Å². The first-order chi connectivity index (χ1) is 9.88. The number of carbonyl (C=O) groups is 2. The summed E-state index contributed by atoms with van der Waals surface area (Å²) in [5.41, 5.74) is 2.03. The molecular formula is C16H24N2O3. The van der Waals surface area contributed by atoms with Gasteiger partial charge in [0.25, 0.3) is 0 Å². The van der Waals surface area contributed by atoms with Gasteiger partial charge in [0.15, 0.2) is 0 Å². The van der Waals surface area contributed by atoms with Crippen LogP contribution in [0.15, 0.2) is 24.3 Å². The van der Waals surface area contributed by atoms with E-state index in [-0.39, 0.29) is 24.3 Å². The number of benzene rings is 1. The Morgan fingerprint density at radius 1 is 1.24 bits per heavy atom. The fourth-order valence-corrected chi connectivity index (χ4v) is 1.97. The monoisotopic (exact) mass is 292 g/mol. The van der Waals surface area contributed by atoms with E-state index in [2.05, 4.69) is 10.6 Å². The Hall–Kier alpha value is -1.88. The largest absolute Gasteiger partial charge is 0.393 e. The zero-order chi connectivity index (χ0) is 15.8. The van der Waals surface area contributed by atoms with E-state index in [1.165, 1.54) is 6.92 Å². The molecule has 1 rings (SSSR count). The van der Waals surface area contributed by atoms with Gasteiger partial charge in [-0.05, 0) is 25.8 Å². The van der Waals surface area contributed by atoms with Crippen molar-refractivity contribution >= 4 is 11.8 Å². The maximum Gasteiger partial charge on any atom is 0.222 e. The highest BCUT2D eigenvalue weighted by molar-refractivity contribution is 5.79. The third kappa shape index (κ3) is 6.90. The van der Waals surface area contributed by atoms with Crippen LogP contribution < -0.4 is 10.6 Å². The molecule has 5 nitrogen and oxygen atoms in total. The van der Waals surface area contributed by atoms with Gasteiger partial charge in [-0.1, -0.05) is 29.8 Å². The first kappa shape index (κ1) is 17.2. The van der Waals surface area contributed by atoms with Crippen molar-refractivity contribution in [1.29, 1.82) is 0 Å². The molecule has 116 valence electrons. The van der Waals surface area contributed by atoms with Gasteiger partial charge < -0.3 is 15.7 Å². The van der Waals surface area contributed by atoms with Crippen molar-refractivity contribution in [3.8, 4) is 0 Å². The van der Waals surface area contributed by atoms with Gasteiger partial charge >= 0.3 is 0 Å². The highest BCUT2D eigenvalue weighted by Gasteiger charge is 2.16. The summed E-state index contributed by atoms with van der Waals surface area (Å²) in [5, 5.41) is 14.7. The van der Waals surface area contributed by atoms with Crippen LogP contribution in [-0.2, 0) is 9.59 Å². The van der Waals surface area contributed by atoms with Crippen molar-refractivity contribution < 1.29 is 14.7 Å². The van der Waals surface area contributed by atoms with Crippen molar-refractivity contribution in [3.05, 3.63) is 35.4 Å². The molecule has 1 aromatic rings. The Labute approximate surface area is 125 Å². The summed E-state index contributed by atoms with van der Waals surface area (Å²) in [4.78, 5) is 23.2. The Balaban J connectivity index is 2.63. The molecule has 2 unspecified atom stereocenters. The molecule has 2 amide bonds. The lowest BCUT2D eigenvalue weighted by atomic mass is 10.0. The van der Waals surface area contributed by atoms with Crippen molar-refractivity contribution in [1.82, 2.24) is 10.6 Å². The van der Waals surface area contributed by atoms with E-state index in [1.54, 1.807) is 6.92 Å². The van der Waals surface area contributed by atoms with Gasteiger partial charge in [-0.15, -0.1) is 0 Å². The lowest BCUT2D eigenvalue weighted by Crippen LogP contribution is -2.33.